The lowest BCUT2D eigenvalue weighted by molar-refractivity contribution is 0.182. The standard InChI is InChI=1S/C22H35N7/c1-17(2)29(18(3)4)11-10-24-21-19(5)16-25-22(26-21)28-14-12-27(13-15-28)20-8-6-7-9-23-20/h6-9,16-18H,10-15H2,1-5H3,(H,24,25,26). The number of hydrogen-bond donors (Lipinski definition) is 1. The van der Waals surface area contributed by atoms with E-state index in [1.54, 1.807) is 0 Å². The molecule has 0 amide bonds. The van der Waals surface area contributed by atoms with Crippen LogP contribution in [0.15, 0.2) is 30.6 Å². The van der Waals surface area contributed by atoms with Gasteiger partial charge in [0, 0.05) is 69.3 Å². The van der Waals surface area contributed by atoms with Crippen LogP contribution >= 0.6 is 0 Å². The van der Waals surface area contributed by atoms with Gasteiger partial charge in [-0.2, -0.15) is 4.98 Å². The van der Waals surface area contributed by atoms with Crippen molar-refractivity contribution < 1.29 is 0 Å². The molecule has 1 aliphatic heterocycles. The van der Waals surface area contributed by atoms with E-state index < -0.39 is 0 Å². The molecule has 0 unspecified atom stereocenters. The van der Waals surface area contributed by atoms with Crippen molar-refractivity contribution in [1.29, 1.82) is 0 Å². The third-order valence-corrected chi connectivity index (χ3v) is 5.48. The first kappa shape index (κ1) is 21.3. The van der Waals surface area contributed by atoms with Crippen molar-refractivity contribution in [2.45, 2.75) is 46.7 Å². The van der Waals surface area contributed by atoms with E-state index in [4.69, 9.17) is 4.98 Å². The van der Waals surface area contributed by atoms with Crippen molar-refractivity contribution in [3.63, 3.8) is 0 Å². The average Bonchev–Trinajstić information content (AvgIpc) is 2.72. The SMILES string of the molecule is Cc1cnc(N2CCN(c3ccccn3)CC2)nc1NCCN(C(C)C)C(C)C. The second-order valence-electron chi connectivity index (χ2n) is 8.22. The van der Waals surface area contributed by atoms with Crippen molar-refractivity contribution in [3.8, 4) is 0 Å². The van der Waals surface area contributed by atoms with E-state index in [9.17, 15) is 0 Å². The highest BCUT2D eigenvalue weighted by Gasteiger charge is 2.20. The van der Waals surface area contributed by atoms with E-state index in [1.807, 2.05) is 24.5 Å². The summed E-state index contributed by atoms with van der Waals surface area (Å²) < 4.78 is 0. The third kappa shape index (κ3) is 5.56. The molecule has 7 nitrogen and oxygen atoms in total. The van der Waals surface area contributed by atoms with Crippen molar-refractivity contribution in [2.75, 3.05) is 54.4 Å². The van der Waals surface area contributed by atoms with E-state index >= 15 is 0 Å². The second-order valence-corrected chi connectivity index (χ2v) is 8.22. The molecule has 1 fully saturated rings. The summed E-state index contributed by atoms with van der Waals surface area (Å²) in [5.74, 6) is 2.79. The lowest BCUT2D eigenvalue weighted by atomic mass is 10.2. The lowest BCUT2D eigenvalue weighted by Gasteiger charge is -2.35. The predicted octanol–water partition coefficient (Wildman–Crippen LogP) is 3.04. The van der Waals surface area contributed by atoms with E-state index in [0.717, 1.165) is 62.4 Å². The van der Waals surface area contributed by atoms with Gasteiger partial charge in [0.2, 0.25) is 5.95 Å². The van der Waals surface area contributed by atoms with Crippen molar-refractivity contribution in [3.05, 3.63) is 36.2 Å². The quantitative estimate of drug-likeness (QED) is 0.735. The molecule has 1 aliphatic rings. The Kier molecular flexibility index (Phi) is 7.25. The largest absolute Gasteiger partial charge is 0.368 e. The number of piperazine rings is 1. The Morgan fingerprint density at radius 1 is 1.00 bits per heavy atom. The summed E-state index contributed by atoms with van der Waals surface area (Å²) in [6, 6.07) is 7.13. The van der Waals surface area contributed by atoms with Crippen LogP contribution in [0, 0.1) is 6.92 Å². The third-order valence-electron chi connectivity index (χ3n) is 5.48. The first-order valence-corrected chi connectivity index (χ1v) is 10.7. The maximum atomic E-state index is 4.83. The molecule has 0 aromatic carbocycles. The zero-order valence-electron chi connectivity index (χ0n) is 18.5. The number of nitrogens with zero attached hydrogens (tertiary/aromatic N) is 6. The number of hydrogen-bond acceptors (Lipinski definition) is 7. The molecule has 2 aromatic heterocycles. The Hall–Kier alpha value is -2.41. The minimum atomic E-state index is 0.536. The molecule has 3 heterocycles. The van der Waals surface area contributed by atoms with Crippen LogP contribution in [0.4, 0.5) is 17.6 Å². The van der Waals surface area contributed by atoms with Crippen molar-refractivity contribution >= 4 is 17.6 Å². The fourth-order valence-electron chi connectivity index (χ4n) is 3.86. The molecule has 0 saturated carbocycles. The molecule has 0 radical (unpaired) electrons. The molecule has 1 N–H and O–H groups in total. The summed E-state index contributed by atoms with van der Waals surface area (Å²) in [6.07, 6.45) is 3.78. The molecule has 0 bridgehead atoms. The smallest absolute Gasteiger partial charge is 0.227 e. The summed E-state index contributed by atoms with van der Waals surface area (Å²) in [6.45, 7) is 16.6. The minimum absolute atomic E-state index is 0.536. The second kappa shape index (κ2) is 9.87. The van der Waals surface area contributed by atoms with Crippen LogP contribution in [0.2, 0.25) is 0 Å². The predicted molar refractivity (Wildman–Crippen MR) is 121 cm³/mol. The van der Waals surface area contributed by atoms with Gasteiger partial charge >= 0.3 is 0 Å². The highest BCUT2D eigenvalue weighted by molar-refractivity contribution is 5.48. The van der Waals surface area contributed by atoms with E-state index in [1.165, 1.54) is 0 Å². The first-order chi connectivity index (χ1) is 14.0. The Balaban J connectivity index is 1.58. The van der Waals surface area contributed by atoms with Crippen molar-refractivity contribution in [1.82, 2.24) is 19.9 Å². The monoisotopic (exact) mass is 397 g/mol. The van der Waals surface area contributed by atoms with Gasteiger partial charge in [0.15, 0.2) is 0 Å². The highest BCUT2D eigenvalue weighted by atomic mass is 15.3. The van der Waals surface area contributed by atoms with Crippen LogP contribution in [0.3, 0.4) is 0 Å². The lowest BCUT2D eigenvalue weighted by Crippen LogP contribution is -2.47. The fourth-order valence-corrected chi connectivity index (χ4v) is 3.86. The number of pyridine rings is 1. The first-order valence-electron chi connectivity index (χ1n) is 10.7. The maximum Gasteiger partial charge on any atom is 0.227 e. The van der Waals surface area contributed by atoms with Crippen LogP contribution in [-0.2, 0) is 0 Å². The van der Waals surface area contributed by atoms with Crippen molar-refractivity contribution in [2.24, 2.45) is 0 Å². The zero-order valence-corrected chi connectivity index (χ0v) is 18.5. The number of nitrogens with one attached hydrogen (secondary N) is 1. The Morgan fingerprint density at radius 3 is 2.31 bits per heavy atom. The molecule has 29 heavy (non-hydrogen) atoms. The van der Waals surface area contributed by atoms with Gasteiger partial charge in [0.05, 0.1) is 0 Å². The van der Waals surface area contributed by atoms with Crippen LogP contribution in [-0.4, -0.2) is 71.2 Å². The van der Waals surface area contributed by atoms with Gasteiger partial charge in [-0.25, -0.2) is 9.97 Å². The highest BCUT2D eigenvalue weighted by Crippen LogP contribution is 2.19. The summed E-state index contributed by atoms with van der Waals surface area (Å²) >= 11 is 0. The minimum Gasteiger partial charge on any atom is -0.368 e. The molecule has 0 spiro atoms. The topological polar surface area (TPSA) is 60.4 Å². The maximum absolute atomic E-state index is 4.83. The summed E-state index contributed by atoms with van der Waals surface area (Å²) in [4.78, 5) is 20.9. The average molecular weight is 398 g/mol. The summed E-state index contributed by atoms with van der Waals surface area (Å²) in [5, 5.41) is 3.53. The number of anilines is 3. The van der Waals surface area contributed by atoms with Gasteiger partial charge < -0.3 is 15.1 Å². The summed E-state index contributed by atoms with van der Waals surface area (Å²) in [7, 11) is 0. The van der Waals surface area contributed by atoms with Gasteiger partial charge in [-0.15, -0.1) is 0 Å². The molecular weight excluding hydrogens is 362 g/mol. The van der Waals surface area contributed by atoms with Crippen LogP contribution < -0.4 is 15.1 Å². The molecule has 2 aromatic rings. The number of aromatic nitrogens is 3. The van der Waals surface area contributed by atoms with Gasteiger partial charge in [0.1, 0.15) is 11.6 Å². The number of rotatable bonds is 8. The molecular formula is C22H35N7. The van der Waals surface area contributed by atoms with Gasteiger partial charge in [-0.05, 0) is 46.8 Å². The van der Waals surface area contributed by atoms with Crippen LogP contribution in [0.25, 0.3) is 0 Å². The normalized spacial score (nSPS) is 14.9. The van der Waals surface area contributed by atoms with E-state index in [-0.39, 0.29) is 0 Å². The molecule has 7 heteroatoms. The molecule has 3 rings (SSSR count). The van der Waals surface area contributed by atoms with Crippen LogP contribution in [0.5, 0.6) is 0 Å². The number of aryl methyl sites for hydroxylation is 1. The Bertz CT molecular complexity index is 747. The Labute approximate surface area is 175 Å². The van der Waals surface area contributed by atoms with Gasteiger partial charge in [0.25, 0.3) is 0 Å². The zero-order chi connectivity index (χ0) is 20.8. The molecule has 158 valence electrons. The summed E-state index contributed by atoms with van der Waals surface area (Å²) in [5.41, 5.74) is 1.08. The van der Waals surface area contributed by atoms with E-state index in [0.29, 0.717) is 12.1 Å². The van der Waals surface area contributed by atoms with Crippen LogP contribution in [0.1, 0.15) is 33.3 Å². The van der Waals surface area contributed by atoms with Gasteiger partial charge in [-0.3, -0.25) is 4.90 Å². The molecule has 0 aliphatic carbocycles. The molecule has 1 saturated heterocycles. The fraction of sp³-hybridized carbons (Fsp3) is 0.591. The Morgan fingerprint density at radius 2 is 1.69 bits per heavy atom. The molecule has 0 atom stereocenters. The van der Waals surface area contributed by atoms with Gasteiger partial charge in [-0.1, -0.05) is 6.07 Å². The van der Waals surface area contributed by atoms with E-state index in [2.05, 4.69) is 70.7 Å².